The lowest BCUT2D eigenvalue weighted by Crippen LogP contribution is -2.60. The van der Waals surface area contributed by atoms with Crippen molar-refractivity contribution in [2.45, 2.75) is 124 Å². The van der Waals surface area contributed by atoms with Gasteiger partial charge < -0.3 is 9.84 Å². The Morgan fingerprint density at radius 2 is 1.73 bits per heavy atom. The number of benzene rings is 1. The molecule has 0 saturated heterocycles. The molecule has 3 heteroatoms. The normalized spacial score (nSPS) is 40.1. The van der Waals surface area contributed by atoms with Gasteiger partial charge in [-0.25, -0.2) is 0 Å². The average molecular weight is 572 g/mol. The molecule has 0 heterocycles. The molecular formula is C34H51BrO2. The number of aliphatic hydroxyl groups is 1. The number of ether oxygens (including phenoxy) is 1. The van der Waals surface area contributed by atoms with Crippen LogP contribution in [0.25, 0.3) is 0 Å². The monoisotopic (exact) mass is 570 g/mol. The SMILES string of the molecule is CC(C)CCC[C@@H](C)[C@H]1CC[C@]2(O)[C@@H]3CC=C4C[C@@H](OCc5ccc(Br)cc5)CC[C@]4(C)[C@H]3CC[C@]12C. The van der Waals surface area contributed by atoms with Crippen LogP contribution in [-0.4, -0.2) is 16.8 Å². The molecule has 1 aromatic carbocycles. The Hall–Kier alpha value is -0.640. The van der Waals surface area contributed by atoms with E-state index in [1.165, 1.54) is 50.5 Å². The molecule has 206 valence electrons. The first-order valence-corrected chi connectivity index (χ1v) is 16.1. The number of hydrogen-bond acceptors (Lipinski definition) is 2. The van der Waals surface area contributed by atoms with Crippen molar-refractivity contribution in [3.05, 3.63) is 46.0 Å². The molecule has 4 aliphatic carbocycles. The van der Waals surface area contributed by atoms with Crippen LogP contribution in [0.3, 0.4) is 0 Å². The summed E-state index contributed by atoms with van der Waals surface area (Å²) in [6.07, 6.45) is 16.1. The zero-order valence-electron chi connectivity index (χ0n) is 24.1. The van der Waals surface area contributed by atoms with E-state index in [1.54, 1.807) is 5.57 Å². The predicted molar refractivity (Wildman–Crippen MR) is 157 cm³/mol. The summed E-state index contributed by atoms with van der Waals surface area (Å²) in [6, 6.07) is 8.51. The van der Waals surface area contributed by atoms with Crippen LogP contribution in [0.5, 0.6) is 0 Å². The lowest BCUT2D eigenvalue weighted by Gasteiger charge is -2.61. The van der Waals surface area contributed by atoms with Gasteiger partial charge in [0.15, 0.2) is 0 Å². The van der Waals surface area contributed by atoms with Crippen LogP contribution in [0.4, 0.5) is 0 Å². The number of allylic oxidation sites excluding steroid dienone is 1. The molecule has 0 unspecified atom stereocenters. The van der Waals surface area contributed by atoms with Crippen molar-refractivity contribution in [2.24, 2.45) is 40.4 Å². The van der Waals surface area contributed by atoms with Gasteiger partial charge in [-0.05, 0) is 109 Å². The molecule has 3 fully saturated rings. The molecule has 1 aromatic rings. The number of rotatable bonds is 8. The summed E-state index contributed by atoms with van der Waals surface area (Å²) in [5.41, 5.74) is 2.70. The van der Waals surface area contributed by atoms with E-state index < -0.39 is 5.60 Å². The Balaban J connectivity index is 1.27. The maximum Gasteiger partial charge on any atom is 0.0737 e. The highest BCUT2D eigenvalue weighted by Crippen LogP contribution is 2.69. The molecule has 0 aliphatic heterocycles. The summed E-state index contributed by atoms with van der Waals surface area (Å²) in [5.74, 6) is 3.23. The topological polar surface area (TPSA) is 29.5 Å². The third-order valence-corrected chi connectivity index (χ3v) is 12.4. The third kappa shape index (κ3) is 5.04. The van der Waals surface area contributed by atoms with Crippen molar-refractivity contribution in [1.29, 1.82) is 0 Å². The predicted octanol–water partition coefficient (Wildman–Crippen LogP) is 9.49. The zero-order chi connectivity index (χ0) is 26.4. The minimum Gasteiger partial charge on any atom is -0.389 e. The van der Waals surface area contributed by atoms with Crippen molar-refractivity contribution < 1.29 is 9.84 Å². The summed E-state index contributed by atoms with van der Waals surface area (Å²) in [5, 5.41) is 12.5. The summed E-state index contributed by atoms with van der Waals surface area (Å²) in [4.78, 5) is 0. The fraction of sp³-hybridized carbons (Fsp3) is 0.765. The number of hydrogen-bond donors (Lipinski definition) is 1. The minimum absolute atomic E-state index is 0.0815. The molecule has 4 aliphatic rings. The van der Waals surface area contributed by atoms with Crippen LogP contribution in [0.1, 0.15) is 111 Å². The van der Waals surface area contributed by atoms with E-state index in [4.69, 9.17) is 4.74 Å². The van der Waals surface area contributed by atoms with Crippen LogP contribution in [0, 0.1) is 40.4 Å². The van der Waals surface area contributed by atoms with E-state index in [0.717, 1.165) is 42.0 Å². The van der Waals surface area contributed by atoms with E-state index in [0.29, 0.717) is 30.5 Å². The van der Waals surface area contributed by atoms with Crippen molar-refractivity contribution in [3.63, 3.8) is 0 Å². The van der Waals surface area contributed by atoms with E-state index in [9.17, 15) is 5.11 Å². The van der Waals surface area contributed by atoms with E-state index >= 15 is 0 Å². The lowest BCUT2D eigenvalue weighted by molar-refractivity contribution is -0.184. The van der Waals surface area contributed by atoms with Gasteiger partial charge in [0.05, 0.1) is 18.3 Å². The highest BCUT2D eigenvalue weighted by Gasteiger charge is 2.66. The maximum absolute atomic E-state index is 12.5. The van der Waals surface area contributed by atoms with Gasteiger partial charge in [0.25, 0.3) is 0 Å². The Kier molecular flexibility index (Phi) is 8.10. The second-order valence-electron chi connectivity index (χ2n) is 14.2. The van der Waals surface area contributed by atoms with Gasteiger partial charge in [0.2, 0.25) is 0 Å². The highest BCUT2D eigenvalue weighted by molar-refractivity contribution is 9.10. The average Bonchev–Trinajstić information content (AvgIpc) is 3.14. The lowest BCUT2D eigenvalue weighted by atomic mass is 9.45. The van der Waals surface area contributed by atoms with Crippen molar-refractivity contribution in [1.82, 2.24) is 0 Å². The van der Waals surface area contributed by atoms with Crippen LogP contribution in [0.15, 0.2) is 40.4 Å². The summed E-state index contributed by atoms with van der Waals surface area (Å²) >= 11 is 3.53. The van der Waals surface area contributed by atoms with Crippen molar-refractivity contribution >= 4 is 15.9 Å². The first-order chi connectivity index (χ1) is 17.6. The van der Waals surface area contributed by atoms with E-state index in [1.807, 2.05) is 0 Å². The van der Waals surface area contributed by atoms with Crippen LogP contribution < -0.4 is 0 Å². The molecule has 3 saturated carbocycles. The Bertz CT molecular complexity index is 969. The first-order valence-electron chi connectivity index (χ1n) is 15.3. The fourth-order valence-electron chi connectivity index (χ4n) is 9.53. The first kappa shape index (κ1) is 27.9. The molecule has 2 nitrogen and oxygen atoms in total. The summed E-state index contributed by atoms with van der Waals surface area (Å²) in [7, 11) is 0. The van der Waals surface area contributed by atoms with Gasteiger partial charge in [-0.3, -0.25) is 0 Å². The molecule has 0 spiro atoms. The Morgan fingerprint density at radius 3 is 2.46 bits per heavy atom. The van der Waals surface area contributed by atoms with Gasteiger partial charge >= 0.3 is 0 Å². The second kappa shape index (κ2) is 10.7. The van der Waals surface area contributed by atoms with Gasteiger partial charge in [-0.1, -0.05) is 93.6 Å². The molecule has 5 rings (SSSR count). The zero-order valence-corrected chi connectivity index (χ0v) is 25.7. The van der Waals surface area contributed by atoms with Gasteiger partial charge in [-0.2, -0.15) is 0 Å². The standard InChI is InChI=1S/C34H51BrO2/c1-23(2)7-6-8-24(3)29-17-20-34(36)31-14-11-26-21-28(37-22-25-9-12-27(35)13-10-25)15-18-32(26,4)30(31)16-19-33(29,34)5/h9-13,23-24,28-31,36H,6-8,14-22H2,1-5H3/t24-,28+,29-,30+,31-,32+,33-,34+/m1/s1. The molecule has 0 amide bonds. The van der Waals surface area contributed by atoms with Crippen molar-refractivity contribution in [2.75, 3.05) is 0 Å². The smallest absolute Gasteiger partial charge is 0.0737 e. The van der Waals surface area contributed by atoms with Crippen LogP contribution in [-0.2, 0) is 11.3 Å². The molecule has 8 atom stereocenters. The summed E-state index contributed by atoms with van der Waals surface area (Å²) in [6.45, 7) is 12.9. The quantitative estimate of drug-likeness (QED) is 0.315. The number of fused-ring (bicyclic) bond motifs is 5. The van der Waals surface area contributed by atoms with Crippen LogP contribution in [0.2, 0.25) is 0 Å². The number of halogens is 1. The largest absolute Gasteiger partial charge is 0.389 e. The maximum atomic E-state index is 12.5. The Morgan fingerprint density at radius 1 is 0.973 bits per heavy atom. The van der Waals surface area contributed by atoms with E-state index in [2.05, 4.69) is 80.9 Å². The Labute approximate surface area is 235 Å². The van der Waals surface area contributed by atoms with Gasteiger partial charge in [0, 0.05) is 4.47 Å². The molecule has 1 N–H and O–H groups in total. The summed E-state index contributed by atoms with van der Waals surface area (Å²) < 4.78 is 7.54. The van der Waals surface area contributed by atoms with Gasteiger partial charge in [0.1, 0.15) is 0 Å². The third-order valence-electron chi connectivity index (χ3n) is 11.8. The highest BCUT2D eigenvalue weighted by atomic mass is 79.9. The molecular weight excluding hydrogens is 520 g/mol. The van der Waals surface area contributed by atoms with Crippen molar-refractivity contribution in [3.8, 4) is 0 Å². The van der Waals surface area contributed by atoms with E-state index in [-0.39, 0.29) is 10.8 Å². The molecule has 37 heavy (non-hydrogen) atoms. The molecule has 0 radical (unpaired) electrons. The van der Waals surface area contributed by atoms with Crippen LogP contribution >= 0.6 is 15.9 Å². The van der Waals surface area contributed by atoms with Gasteiger partial charge in [-0.15, -0.1) is 0 Å². The minimum atomic E-state index is -0.493. The molecule has 0 bridgehead atoms. The second-order valence-corrected chi connectivity index (χ2v) is 15.1. The fourth-order valence-corrected chi connectivity index (χ4v) is 9.80. The molecule has 0 aromatic heterocycles.